The van der Waals surface area contributed by atoms with E-state index in [1.807, 2.05) is 23.5 Å². The molecule has 1 aliphatic heterocycles. The molecule has 4 aromatic carbocycles. The van der Waals surface area contributed by atoms with Crippen LogP contribution in [-0.4, -0.2) is 4.57 Å². The van der Waals surface area contributed by atoms with Gasteiger partial charge in [0.2, 0.25) is 0 Å². The van der Waals surface area contributed by atoms with E-state index in [2.05, 4.69) is 96.4 Å². The van der Waals surface area contributed by atoms with Crippen molar-refractivity contribution in [2.45, 2.75) is 26.5 Å². The van der Waals surface area contributed by atoms with Gasteiger partial charge in [-0.1, -0.05) is 71.6 Å². The van der Waals surface area contributed by atoms with Gasteiger partial charge in [-0.2, -0.15) is 0 Å². The minimum absolute atomic E-state index is 1.21. The van der Waals surface area contributed by atoms with Crippen molar-refractivity contribution in [2.75, 3.05) is 0 Å². The lowest BCUT2D eigenvalue weighted by atomic mass is 10.1. The average Bonchev–Trinajstić information content (AvgIpc) is 3.08. The Morgan fingerprint density at radius 3 is 2.14 bits per heavy atom. The molecule has 1 aliphatic rings. The second kappa shape index (κ2) is 6.20. The van der Waals surface area contributed by atoms with Crippen LogP contribution in [0.3, 0.4) is 0 Å². The molecule has 0 fully saturated rings. The van der Waals surface area contributed by atoms with E-state index in [-0.39, 0.29) is 0 Å². The van der Waals surface area contributed by atoms with Crippen molar-refractivity contribution < 1.29 is 0 Å². The van der Waals surface area contributed by atoms with Gasteiger partial charge in [-0.15, -0.1) is 0 Å². The molecule has 3 heteroatoms. The fraction of sp³-hybridized carbons (Fsp3) is 0.0400. The van der Waals surface area contributed by atoms with Gasteiger partial charge in [0.15, 0.2) is 0 Å². The number of aryl methyl sites for hydroxylation is 1. The molecule has 0 N–H and O–H groups in total. The molecule has 1 aromatic heterocycles. The first-order chi connectivity index (χ1) is 13.8. The molecule has 0 atom stereocenters. The minimum Gasteiger partial charge on any atom is -0.309 e. The standard InChI is InChI=1S/C25H17NS2/c1-16-10-12-17(13-11-16)26-19-7-3-2-6-18(19)24-20(26)14-15-23-25(24)28-22-9-5-4-8-21(22)27-23/h2-15H,1H3. The summed E-state index contributed by atoms with van der Waals surface area (Å²) in [7, 11) is 0. The minimum atomic E-state index is 1.21. The lowest BCUT2D eigenvalue weighted by Gasteiger charge is -2.19. The van der Waals surface area contributed by atoms with Crippen LogP contribution in [0.25, 0.3) is 27.5 Å². The van der Waals surface area contributed by atoms with Gasteiger partial charge in [-0.3, -0.25) is 0 Å². The smallest absolute Gasteiger partial charge is 0.0553 e. The fourth-order valence-electron chi connectivity index (χ4n) is 4.01. The fourth-order valence-corrected chi connectivity index (χ4v) is 6.41. The first-order valence-electron chi connectivity index (χ1n) is 9.37. The summed E-state index contributed by atoms with van der Waals surface area (Å²) in [6.07, 6.45) is 0. The third-order valence-corrected chi connectivity index (χ3v) is 7.93. The van der Waals surface area contributed by atoms with Crippen molar-refractivity contribution in [3.05, 3.63) is 90.5 Å². The predicted molar refractivity (Wildman–Crippen MR) is 120 cm³/mol. The van der Waals surface area contributed by atoms with Gasteiger partial charge in [-0.05, 0) is 49.4 Å². The van der Waals surface area contributed by atoms with Crippen LogP contribution in [0, 0.1) is 6.92 Å². The van der Waals surface area contributed by atoms with Gasteiger partial charge in [0.05, 0.1) is 11.0 Å². The number of fused-ring (bicyclic) bond motifs is 6. The van der Waals surface area contributed by atoms with E-state index in [4.69, 9.17) is 0 Å². The molecule has 1 nitrogen and oxygen atoms in total. The summed E-state index contributed by atoms with van der Waals surface area (Å²) < 4.78 is 2.40. The Labute approximate surface area is 172 Å². The largest absolute Gasteiger partial charge is 0.309 e. The summed E-state index contributed by atoms with van der Waals surface area (Å²) in [5.41, 5.74) is 5.03. The van der Waals surface area contributed by atoms with Crippen LogP contribution in [0.15, 0.2) is 105 Å². The number of para-hydroxylation sites is 1. The van der Waals surface area contributed by atoms with Crippen molar-refractivity contribution >= 4 is 45.3 Å². The topological polar surface area (TPSA) is 4.93 Å². The van der Waals surface area contributed by atoms with Crippen LogP contribution in [0.2, 0.25) is 0 Å². The van der Waals surface area contributed by atoms with Gasteiger partial charge >= 0.3 is 0 Å². The molecule has 0 amide bonds. The highest BCUT2D eigenvalue weighted by atomic mass is 32.2. The van der Waals surface area contributed by atoms with Gasteiger partial charge in [-0.25, -0.2) is 0 Å². The molecule has 0 saturated heterocycles. The normalized spacial score (nSPS) is 12.9. The first-order valence-corrected chi connectivity index (χ1v) is 11.0. The summed E-state index contributed by atoms with van der Waals surface area (Å²) in [6, 6.07) is 30.9. The number of rotatable bonds is 1. The van der Waals surface area contributed by atoms with E-state index in [1.165, 1.54) is 52.6 Å². The quantitative estimate of drug-likeness (QED) is 0.281. The number of hydrogen-bond donors (Lipinski definition) is 0. The molecule has 5 aromatic rings. The molecule has 0 unspecified atom stereocenters. The molecule has 0 radical (unpaired) electrons. The van der Waals surface area contributed by atoms with E-state index < -0.39 is 0 Å². The maximum absolute atomic E-state index is 2.40. The highest BCUT2D eigenvalue weighted by molar-refractivity contribution is 8.05. The van der Waals surface area contributed by atoms with Crippen LogP contribution in [0.5, 0.6) is 0 Å². The van der Waals surface area contributed by atoms with Crippen LogP contribution < -0.4 is 0 Å². The highest BCUT2D eigenvalue weighted by Crippen LogP contribution is 2.52. The SMILES string of the molecule is Cc1ccc(-n2c3ccccc3c3c4c(ccc32)Sc2ccccc2S4)cc1. The molecule has 2 heterocycles. The summed E-state index contributed by atoms with van der Waals surface area (Å²) in [4.78, 5) is 5.42. The van der Waals surface area contributed by atoms with E-state index >= 15 is 0 Å². The molecule has 0 saturated carbocycles. The zero-order valence-corrected chi connectivity index (χ0v) is 17.0. The summed E-state index contributed by atoms with van der Waals surface area (Å²) in [6.45, 7) is 2.14. The Balaban J connectivity index is 1.70. The van der Waals surface area contributed by atoms with Crippen LogP contribution in [-0.2, 0) is 0 Å². The first kappa shape index (κ1) is 16.3. The van der Waals surface area contributed by atoms with Crippen LogP contribution in [0.4, 0.5) is 0 Å². The second-order valence-electron chi connectivity index (χ2n) is 7.13. The van der Waals surface area contributed by atoms with Gasteiger partial charge < -0.3 is 4.57 Å². The molecule has 0 spiro atoms. The third kappa shape index (κ3) is 2.36. The van der Waals surface area contributed by atoms with Gasteiger partial charge in [0, 0.05) is 36.0 Å². The van der Waals surface area contributed by atoms with E-state index in [1.54, 1.807) is 0 Å². The average molecular weight is 396 g/mol. The monoisotopic (exact) mass is 395 g/mol. The Morgan fingerprint density at radius 1 is 0.607 bits per heavy atom. The number of benzene rings is 4. The summed E-state index contributed by atoms with van der Waals surface area (Å²) >= 11 is 3.79. The van der Waals surface area contributed by atoms with Crippen LogP contribution >= 0.6 is 23.5 Å². The zero-order chi connectivity index (χ0) is 18.7. The molecular formula is C25H17NS2. The highest BCUT2D eigenvalue weighted by Gasteiger charge is 2.23. The van der Waals surface area contributed by atoms with Gasteiger partial charge in [0.25, 0.3) is 0 Å². The second-order valence-corrected chi connectivity index (χ2v) is 9.26. The molecule has 0 aliphatic carbocycles. The Bertz CT molecular complexity index is 1360. The van der Waals surface area contributed by atoms with E-state index in [0.29, 0.717) is 0 Å². The van der Waals surface area contributed by atoms with Crippen LogP contribution in [0.1, 0.15) is 5.56 Å². The van der Waals surface area contributed by atoms with Gasteiger partial charge in [0.1, 0.15) is 0 Å². The Kier molecular flexibility index (Phi) is 3.62. The van der Waals surface area contributed by atoms with Crippen molar-refractivity contribution in [2.24, 2.45) is 0 Å². The maximum Gasteiger partial charge on any atom is 0.0553 e. The zero-order valence-electron chi connectivity index (χ0n) is 15.3. The third-order valence-electron chi connectivity index (χ3n) is 5.33. The molecule has 0 bridgehead atoms. The molecule has 6 rings (SSSR count). The molecular weight excluding hydrogens is 378 g/mol. The number of hydrogen-bond acceptors (Lipinski definition) is 2. The summed E-state index contributed by atoms with van der Waals surface area (Å²) in [5, 5.41) is 2.68. The Morgan fingerprint density at radius 2 is 1.32 bits per heavy atom. The summed E-state index contributed by atoms with van der Waals surface area (Å²) in [5.74, 6) is 0. The van der Waals surface area contributed by atoms with E-state index in [0.717, 1.165) is 0 Å². The predicted octanol–water partition coefficient (Wildman–Crippen LogP) is 7.71. The number of aromatic nitrogens is 1. The lowest BCUT2D eigenvalue weighted by molar-refractivity contribution is 1.15. The lowest BCUT2D eigenvalue weighted by Crippen LogP contribution is -1.94. The van der Waals surface area contributed by atoms with Crippen molar-refractivity contribution in [1.29, 1.82) is 0 Å². The molecule has 134 valence electrons. The molecule has 28 heavy (non-hydrogen) atoms. The number of nitrogens with zero attached hydrogens (tertiary/aromatic N) is 1. The van der Waals surface area contributed by atoms with E-state index in [9.17, 15) is 0 Å². The van der Waals surface area contributed by atoms with Crippen molar-refractivity contribution in [3.8, 4) is 5.69 Å². The Hall–Kier alpha value is -2.62. The van der Waals surface area contributed by atoms with Crippen molar-refractivity contribution in [1.82, 2.24) is 4.57 Å². The van der Waals surface area contributed by atoms with Crippen molar-refractivity contribution in [3.63, 3.8) is 0 Å². The maximum atomic E-state index is 2.40.